The van der Waals surface area contributed by atoms with Gasteiger partial charge in [0.2, 0.25) is 23.6 Å². The predicted octanol–water partition coefficient (Wildman–Crippen LogP) is 3.76. The smallest absolute Gasteiger partial charge is 0.366 e. The normalized spacial score (nSPS) is 11.3. The fraction of sp³-hybridized carbons (Fsp3) is 0.296. The number of esters is 1. The molecule has 0 saturated carbocycles. The SMILES string of the molecule is CCC(=O)OC(C)C(c1ccc(F)c(F)c1OC)c1ccc(F)c(F)c1OC.COc1cc[n+](O)c(C(N)=O)c1O. The average molecular weight is 586 g/mol. The predicted molar refractivity (Wildman–Crippen MR) is 134 cm³/mol. The summed E-state index contributed by atoms with van der Waals surface area (Å²) in [7, 11) is 3.61. The number of carbonyl (C=O) groups is 2. The number of carbonyl (C=O) groups excluding carboxylic acids is 2. The Morgan fingerprint density at radius 3 is 1.78 bits per heavy atom. The van der Waals surface area contributed by atoms with Crippen molar-refractivity contribution in [2.24, 2.45) is 5.73 Å². The average Bonchev–Trinajstić information content (AvgIpc) is 2.93. The van der Waals surface area contributed by atoms with Gasteiger partial charge in [-0.2, -0.15) is 8.78 Å². The maximum atomic E-state index is 14.3. The number of pyridine rings is 1. The van der Waals surface area contributed by atoms with E-state index < -0.39 is 70.1 Å². The van der Waals surface area contributed by atoms with Gasteiger partial charge in [0.1, 0.15) is 6.10 Å². The van der Waals surface area contributed by atoms with Crippen molar-refractivity contribution in [2.75, 3.05) is 21.3 Å². The molecular formula is C27H29F4N2O8+. The lowest BCUT2D eigenvalue weighted by molar-refractivity contribution is -0.906. The third-order valence-corrected chi connectivity index (χ3v) is 5.82. The zero-order valence-corrected chi connectivity index (χ0v) is 22.7. The molecule has 222 valence electrons. The minimum Gasteiger partial charge on any atom is -0.499 e. The molecule has 0 spiro atoms. The number of rotatable bonds is 9. The van der Waals surface area contributed by atoms with Crippen LogP contribution in [-0.4, -0.2) is 49.6 Å². The molecule has 4 N–H and O–H groups in total. The Morgan fingerprint density at radius 2 is 1.39 bits per heavy atom. The van der Waals surface area contributed by atoms with E-state index in [-0.39, 0.29) is 23.3 Å². The Morgan fingerprint density at radius 1 is 0.902 bits per heavy atom. The first-order chi connectivity index (χ1) is 19.3. The van der Waals surface area contributed by atoms with E-state index in [0.29, 0.717) is 4.73 Å². The van der Waals surface area contributed by atoms with Gasteiger partial charge < -0.3 is 29.8 Å². The quantitative estimate of drug-likeness (QED) is 0.149. The summed E-state index contributed by atoms with van der Waals surface area (Å²) in [6.45, 7) is 3.08. The number of ether oxygens (including phenoxy) is 4. The van der Waals surface area contributed by atoms with Crippen LogP contribution in [0.25, 0.3) is 0 Å². The molecule has 1 atom stereocenters. The number of nitrogens with zero attached hydrogens (tertiary/aromatic N) is 1. The molecule has 0 fully saturated rings. The molecular weight excluding hydrogens is 556 g/mol. The molecule has 10 nitrogen and oxygen atoms in total. The van der Waals surface area contributed by atoms with Crippen LogP contribution in [0.15, 0.2) is 36.5 Å². The van der Waals surface area contributed by atoms with Gasteiger partial charge in [0, 0.05) is 22.3 Å². The molecule has 1 aromatic heterocycles. The van der Waals surface area contributed by atoms with Crippen LogP contribution in [0.2, 0.25) is 0 Å². The Bertz CT molecular complexity index is 1360. The molecule has 0 radical (unpaired) electrons. The van der Waals surface area contributed by atoms with Crippen molar-refractivity contribution in [2.45, 2.75) is 32.3 Å². The number of hydrogen-bond donors (Lipinski definition) is 3. The van der Waals surface area contributed by atoms with Crippen LogP contribution >= 0.6 is 0 Å². The highest BCUT2D eigenvalue weighted by Gasteiger charge is 2.33. The molecule has 14 heteroatoms. The number of primary amides is 1. The molecule has 1 unspecified atom stereocenters. The summed E-state index contributed by atoms with van der Waals surface area (Å²) in [5.74, 6) is -8.60. The monoisotopic (exact) mass is 585 g/mol. The van der Waals surface area contributed by atoms with E-state index in [2.05, 4.69) is 0 Å². The number of methoxy groups -OCH3 is 3. The van der Waals surface area contributed by atoms with Crippen LogP contribution in [0.1, 0.15) is 47.8 Å². The second-order valence-electron chi connectivity index (χ2n) is 8.28. The number of hydrogen-bond acceptors (Lipinski definition) is 8. The lowest BCUT2D eigenvalue weighted by atomic mass is 9.85. The van der Waals surface area contributed by atoms with Crippen molar-refractivity contribution in [3.8, 4) is 23.0 Å². The van der Waals surface area contributed by atoms with Gasteiger partial charge in [-0.1, -0.05) is 19.1 Å². The zero-order valence-electron chi connectivity index (χ0n) is 22.7. The Hall–Kier alpha value is -4.75. The fourth-order valence-corrected chi connectivity index (χ4v) is 3.94. The third kappa shape index (κ3) is 7.07. The van der Waals surface area contributed by atoms with Crippen LogP contribution in [0.3, 0.4) is 0 Å². The highest BCUT2D eigenvalue weighted by atomic mass is 19.2. The van der Waals surface area contributed by atoms with Gasteiger partial charge in [-0.3, -0.25) is 14.8 Å². The van der Waals surface area contributed by atoms with E-state index in [9.17, 15) is 32.3 Å². The summed E-state index contributed by atoms with van der Waals surface area (Å²) in [5.41, 5.74) is 4.66. The van der Waals surface area contributed by atoms with Crippen LogP contribution < -0.4 is 24.7 Å². The minimum atomic E-state index is -1.25. The maximum absolute atomic E-state index is 14.3. The summed E-state index contributed by atoms with van der Waals surface area (Å²) in [5, 5.41) is 18.4. The first-order valence-corrected chi connectivity index (χ1v) is 11.9. The summed E-state index contributed by atoms with van der Waals surface area (Å²) < 4.78 is 76.4. The van der Waals surface area contributed by atoms with Crippen molar-refractivity contribution in [3.63, 3.8) is 0 Å². The topological polar surface area (TPSA) is 141 Å². The summed E-state index contributed by atoms with van der Waals surface area (Å²) >= 11 is 0. The first-order valence-electron chi connectivity index (χ1n) is 11.9. The molecule has 1 heterocycles. The van der Waals surface area contributed by atoms with Crippen molar-refractivity contribution in [1.29, 1.82) is 0 Å². The third-order valence-electron chi connectivity index (χ3n) is 5.82. The van der Waals surface area contributed by atoms with Crippen LogP contribution in [0.4, 0.5) is 17.6 Å². The van der Waals surface area contributed by atoms with Gasteiger partial charge in [0.15, 0.2) is 28.9 Å². The molecule has 2 aromatic carbocycles. The van der Waals surface area contributed by atoms with E-state index in [0.717, 1.165) is 32.5 Å². The van der Waals surface area contributed by atoms with Gasteiger partial charge in [-0.05, 0) is 19.1 Å². The van der Waals surface area contributed by atoms with Crippen molar-refractivity contribution < 1.29 is 61.1 Å². The Labute approximate surface area is 232 Å². The molecule has 0 saturated heterocycles. The number of halogens is 4. The minimum absolute atomic E-state index is 0.0686. The summed E-state index contributed by atoms with van der Waals surface area (Å²) in [6.07, 6.45) is 0.254. The van der Waals surface area contributed by atoms with Gasteiger partial charge in [0.25, 0.3) is 0 Å². The molecule has 0 aliphatic heterocycles. The molecule has 0 aliphatic carbocycles. The van der Waals surface area contributed by atoms with Gasteiger partial charge in [-0.15, -0.1) is 0 Å². The molecule has 0 bridgehead atoms. The van der Waals surface area contributed by atoms with E-state index in [4.69, 9.17) is 29.9 Å². The molecule has 3 aromatic rings. The number of benzene rings is 2. The highest BCUT2D eigenvalue weighted by Crippen LogP contribution is 2.42. The van der Waals surface area contributed by atoms with Gasteiger partial charge in [0.05, 0.1) is 33.3 Å². The summed E-state index contributed by atoms with van der Waals surface area (Å²) in [4.78, 5) is 22.5. The van der Waals surface area contributed by atoms with Crippen LogP contribution in [0, 0.1) is 23.3 Å². The second-order valence-corrected chi connectivity index (χ2v) is 8.28. The van der Waals surface area contributed by atoms with Crippen molar-refractivity contribution >= 4 is 11.9 Å². The number of aromatic hydroxyl groups is 1. The van der Waals surface area contributed by atoms with E-state index in [1.54, 1.807) is 6.92 Å². The lowest BCUT2D eigenvalue weighted by Crippen LogP contribution is -2.39. The van der Waals surface area contributed by atoms with Crippen molar-refractivity contribution in [3.05, 3.63) is 76.6 Å². The van der Waals surface area contributed by atoms with Gasteiger partial charge in [-0.25, -0.2) is 8.78 Å². The highest BCUT2D eigenvalue weighted by molar-refractivity contribution is 5.92. The molecule has 41 heavy (non-hydrogen) atoms. The second kappa shape index (κ2) is 14.1. The lowest BCUT2D eigenvalue weighted by Gasteiger charge is -2.28. The Kier molecular flexibility index (Phi) is 11.1. The number of nitrogens with two attached hydrogens (primary N) is 1. The number of aromatic nitrogens is 1. The molecule has 0 aliphatic rings. The maximum Gasteiger partial charge on any atom is 0.366 e. The van der Waals surface area contributed by atoms with E-state index >= 15 is 0 Å². The van der Waals surface area contributed by atoms with Crippen LogP contribution in [-0.2, 0) is 9.53 Å². The first kappa shape index (κ1) is 32.5. The van der Waals surface area contributed by atoms with E-state index in [1.165, 1.54) is 32.2 Å². The fourth-order valence-electron chi connectivity index (χ4n) is 3.94. The van der Waals surface area contributed by atoms with Crippen LogP contribution in [0.5, 0.6) is 23.0 Å². The zero-order chi connectivity index (χ0) is 31.0. The van der Waals surface area contributed by atoms with Gasteiger partial charge >= 0.3 is 17.6 Å². The molecule has 1 amide bonds. The van der Waals surface area contributed by atoms with E-state index in [1.807, 2.05) is 0 Å². The Balaban J connectivity index is 0.000000377. The largest absolute Gasteiger partial charge is 0.499 e. The summed E-state index contributed by atoms with van der Waals surface area (Å²) in [6, 6.07) is 5.52. The molecule has 3 rings (SSSR count). The van der Waals surface area contributed by atoms with Crippen molar-refractivity contribution in [1.82, 2.24) is 0 Å². The number of amides is 1. The standard InChI is InChI=1S/C20H20F4O4.C7H8N2O4/c1-5-15(25)28-10(2)16(11-6-8-13(21)17(23)19(11)26-3)12-7-9-14(22)18(24)20(12)27-4;1-13-4-2-3-9(12)5(6(4)10)7(8)11/h6-10,16H,5H2,1-4H3;2-3H,1H3,(H3-,8,10,11,12)/p+1.